The van der Waals surface area contributed by atoms with E-state index in [-0.39, 0.29) is 12.5 Å². The molecule has 0 aliphatic rings. The second-order valence-electron chi connectivity index (χ2n) is 11.4. The Labute approximate surface area is 230 Å². The van der Waals surface area contributed by atoms with Crippen LogP contribution < -0.4 is 5.32 Å². The second-order valence-corrected chi connectivity index (χ2v) is 11.4. The van der Waals surface area contributed by atoms with E-state index in [0.717, 1.165) is 38.5 Å². The Morgan fingerprint density at radius 1 is 0.568 bits per heavy atom. The first-order chi connectivity index (χ1) is 18.1. The molecular weight excluding hydrogens is 462 g/mol. The third-order valence-electron chi connectivity index (χ3n) is 7.71. The van der Waals surface area contributed by atoms with Gasteiger partial charge in [-0.2, -0.15) is 0 Å². The summed E-state index contributed by atoms with van der Waals surface area (Å²) in [7, 11) is 0. The number of aliphatic hydroxyl groups excluding tert-OH is 3. The Hall–Kier alpha value is -0.650. The molecule has 0 aromatic heterocycles. The van der Waals surface area contributed by atoms with Gasteiger partial charge in [-0.25, -0.2) is 0 Å². The smallest absolute Gasteiger partial charge is 0.220 e. The molecule has 0 spiro atoms. The summed E-state index contributed by atoms with van der Waals surface area (Å²) in [5.74, 6) is -0.147. The van der Waals surface area contributed by atoms with Crippen molar-refractivity contribution in [2.75, 3.05) is 6.61 Å². The van der Waals surface area contributed by atoms with E-state index in [1.165, 1.54) is 109 Å². The van der Waals surface area contributed by atoms with Gasteiger partial charge in [-0.3, -0.25) is 4.79 Å². The molecule has 0 saturated heterocycles. The molecule has 0 unspecified atom stereocenters. The van der Waals surface area contributed by atoms with Gasteiger partial charge >= 0.3 is 0 Å². The van der Waals surface area contributed by atoms with Crippen LogP contribution in [0.15, 0.2) is 0 Å². The fraction of sp³-hybridized carbons (Fsp3) is 0.969. The van der Waals surface area contributed by atoms with Crippen LogP contribution in [0.3, 0.4) is 0 Å². The van der Waals surface area contributed by atoms with E-state index in [1.54, 1.807) is 0 Å². The number of unbranched alkanes of at least 4 members (excludes halogenated alkanes) is 21. The van der Waals surface area contributed by atoms with E-state index in [9.17, 15) is 20.1 Å². The predicted molar refractivity (Wildman–Crippen MR) is 158 cm³/mol. The minimum Gasteiger partial charge on any atom is -0.394 e. The standard InChI is InChI=1S/C32H65NO4/c1-3-5-7-9-11-13-15-17-18-20-22-24-26-30(35)32(37)29(28-34)33-31(36)27-25-23-21-19-16-14-12-10-8-6-4-2/h29-30,32,34-35,37H,3-28H2,1-2H3,(H,33,36)/t29-,30-,32+/m1/s1. The maximum atomic E-state index is 12.3. The van der Waals surface area contributed by atoms with Crippen LogP contribution in [0.25, 0.3) is 0 Å². The number of carbonyl (C=O) groups excluding carboxylic acids is 1. The van der Waals surface area contributed by atoms with Crippen molar-refractivity contribution in [3.05, 3.63) is 0 Å². The monoisotopic (exact) mass is 527 g/mol. The second kappa shape index (κ2) is 28.4. The first-order valence-corrected chi connectivity index (χ1v) is 16.3. The number of carbonyl (C=O) groups is 1. The van der Waals surface area contributed by atoms with Crippen LogP contribution in [0.2, 0.25) is 0 Å². The third kappa shape index (κ3) is 24.1. The average Bonchev–Trinajstić information content (AvgIpc) is 2.90. The number of aliphatic hydroxyl groups is 3. The minimum atomic E-state index is -1.13. The van der Waals surface area contributed by atoms with Crippen LogP contribution in [0.4, 0.5) is 0 Å². The molecule has 37 heavy (non-hydrogen) atoms. The quantitative estimate of drug-likeness (QED) is 0.0742. The van der Waals surface area contributed by atoms with Gasteiger partial charge in [0.2, 0.25) is 5.91 Å². The highest BCUT2D eigenvalue weighted by molar-refractivity contribution is 5.76. The van der Waals surface area contributed by atoms with E-state index in [4.69, 9.17) is 0 Å². The fourth-order valence-electron chi connectivity index (χ4n) is 5.10. The number of rotatable bonds is 29. The Morgan fingerprint density at radius 3 is 1.30 bits per heavy atom. The first kappa shape index (κ1) is 36.4. The molecular formula is C32H65NO4. The molecule has 0 radical (unpaired) electrons. The number of hydrogen-bond acceptors (Lipinski definition) is 4. The van der Waals surface area contributed by atoms with Gasteiger partial charge in [0.15, 0.2) is 0 Å². The Balaban J connectivity index is 3.72. The zero-order valence-electron chi connectivity index (χ0n) is 24.9. The lowest BCUT2D eigenvalue weighted by molar-refractivity contribution is -0.124. The van der Waals surface area contributed by atoms with Gasteiger partial charge in [-0.05, 0) is 12.8 Å². The molecule has 222 valence electrons. The van der Waals surface area contributed by atoms with Crippen molar-refractivity contribution in [3.8, 4) is 0 Å². The maximum Gasteiger partial charge on any atom is 0.220 e. The van der Waals surface area contributed by atoms with Crippen LogP contribution in [-0.2, 0) is 4.79 Å². The summed E-state index contributed by atoms with van der Waals surface area (Å²) >= 11 is 0. The van der Waals surface area contributed by atoms with Crippen molar-refractivity contribution in [3.63, 3.8) is 0 Å². The molecule has 0 rings (SSSR count). The van der Waals surface area contributed by atoms with E-state index in [0.29, 0.717) is 12.8 Å². The lowest BCUT2D eigenvalue weighted by atomic mass is 9.99. The summed E-state index contributed by atoms with van der Waals surface area (Å²) in [6.45, 7) is 4.14. The van der Waals surface area contributed by atoms with Gasteiger partial charge in [0.25, 0.3) is 0 Å². The summed E-state index contributed by atoms with van der Waals surface area (Å²) in [5.41, 5.74) is 0. The molecule has 5 nitrogen and oxygen atoms in total. The SMILES string of the molecule is CCCCCCCCCCCCCC[C@@H](O)[C@@H](O)[C@@H](CO)NC(=O)CCCCCCCCCCCCC. The number of amides is 1. The fourth-order valence-corrected chi connectivity index (χ4v) is 5.10. The van der Waals surface area contributed by atoms with Crippen molar-refractivity contribution >= 4 is 5.91 Å². The summed E-state index contributed by atoms with van der Waals surface area (Å²) in [6, 6.07) is -0.799. The highest BCUT2D eigenvalue weighted by Crippen LogP contribution is 2.15. The van der Waals surface area contributed by atoms with Gasteiger partial charge in [0.1, 0.15) is 6.10 Å². The van der Waals surface area contributed by atoms with Gasteiger partial charge < -0.3 is 20.6 Å². The summed E-state index contributed by atoms with van der Waals surface area (Å²) < 4.78 is 0. The van der Waals surface area contributed by atoms with Crippen molar-refractivity contribution in [2.24, 2.45) is 0 Å². The molecule has 0 saturated carbocycles. The van der Waals surface area contributed by atoms with Crippen molar-refractivity contribution in [2.45, 2.75) is 193 Å². The van der Waals surface area contributed by atoms with Crippen LogP contribution in [0.1, 0.15) is 174 Å². The molecule has 4 N–H and O–H groups in total. The maximum absolute atomic E-state index is 12.3. The van der Waals surface area contributed by atoms with Gasteiger partial charge in [-0.15, -0.1) is 0 Å². The molecule has 0 aromatic rings. The lowest BCUT2D eigenvalue weighted by Crippen LogP contribution is -2.50. The molecule has 0 bridgehead atoms. The van der Waals surface area contributed by atoms with Crippen LogP contribution in [-0.4, -0.2) is 46.1 Å². The molecule has 1 amide bonds. The summed E-state index contributed by atoms with van der Waals surface area (Å²) in [6.07, 6.45) is 27.5. The molecule has 0 heterocycles. The molecule has 0 aliphatic carbocycles. The van der Waals surface area contributed by atoms with Crippen LogP contribution >= 0.6 is 0 Å². The van der Waals surface area contributed by atoms with Crippen molar-refractivity contribution in [1.82, 2.24) is 5.32 Å². The minimum absolute atomic E-state index is 0.147. The van der Waals surface area contributed by atoms with E-state index in [2.05, 4.69) is 19.2 Å². The van der Waals surface area contributed by atoms with E-state index < -0.39 is 18.2 Å². The Kier molecular flexibility index (Phi) is 27.9. The largest absolute Gasteiger partial charge is 0.394 e. The topological polar surface area (TPSA) is 89.8 Å². The number of nitrogens with one attached hydrogen (secondary N) is 1. The molecule has 0 fully saturated rings. The van der Waals surface area contributed by atoms with Crippen molar-refractivity contribution < 1.29 is 20.1 Å². The Morgan fingerprint density at radius 2 is 0.919 bits per heavy atom. The van der Waals surface area contributed by atoms with Gasteiger partial charge in [0.05, 0.1) is 18.8 Å². The van der Waals surface area contributed by atoms with Crippen LogP contribution in [0, 0.1) is 0 Å². The first-order valence-electron chi connectivity index (χ1n) is 16.3. The highest BCUT2D eigenvalue weighted by atomic mass is 16.3. The van der Waals surface area contributed by atoms with Gasteiger partial charge in [-0.1, -0.05) is 155 Å². The third-order valence-corrected chi connectivity index (χ3v) is 7.71. The van der Waals surface area contributed by atoms with Crippen LogP contribution in [0.5, 0.6) is 0 Å². The van der Waals surface area contributed by atoms with Gasteiger partial charge in [0, 0.05) is 6.42 Å². The summed E-state index contributed by atoms with van der Waals surface area (Å²) in [5, 5.41) is 33.2. The Bertz CT molecular complexity index is 474. The summed E-state index contributed by atoms with van der Waals surface area (Å²) in [4.78, 5) is 12.3. The van der Waals surface area contributed by atoms with E-state index in [1.807, 2.05) is 0 Å². The molecule has 0 aliphatic heterocycles. The van der Waals surface area contributed by atoms with Crippen molar-refractivity contribution in [1.29, 1.82) is 0 Å². The lowest BCUT2D eigenvalue weighted by Gasteiger charge is -2.26. The van der Waals surface area contributed by atoms with E-state index >= 15 is 0 Å². The molecule has 0 aromatic carbocycles. The zero-order chi connectivity index (χ0) is 27.4. The predicted octanol–water partition coefficient (Wildman–Crippen LogP) is 7.98. The normalized spacial score (nSPS) is 14.0. The zero-order valence-corrected chi connectivity index (χ0v) is 24.9. The molecule has 5 heteroatoms. The highest BCUT2D eigenvalue weighted by Gasteiger charge is 2.26. The molecule has 3 atom stereocenters. The average molecular weight is 528 g/mol. The number of hydrogen-bond donors (Lipinski definition) is 4.